The van der Waals surface area contributed by atoms with Crippen LogP contribution in [0.5, 0.6) is 11.6 Å². The summed E-state index contributed by atoms with van der Waals surface area (Å²) in [5.74, 6) is 1.13. The summed E-state index contributed by atoms with van der Waals surface area (Å²) >= 11 is 0. The molecule has 0 atom stereocenters. The normalized spacial score (nSPS) is 10.5. The SMILES string of the molecule is CC(C)c1ccc(Oc2ncnc(NNC(=O)c3ccncc3)c2N)cc1. The lowest BCUT2D eigenvalue weighted by Crippen LogP contribution is -2.30. The van der Waals surface area contributed by atoms with Crippen LogP contribution in [0, 0.1) is 0 Å². The van der Waals surface area contributed by atoms with Crippen molar-refractivity contribution >= 4 is 17.4 Å². The molecule has 0 aliphatic rings. The highest BCUT2D eigenvalue weighted by Crippen LogP contribution is 2.29. The average Bonchev–Trinajstić information content (AvgIpc) is 2.69. The van der Waals surface area contributed by atoms with Crippen molar-refractivity contribution in [3.8, 4) is 11.6 Å². The zero-order chi connectivity index (χ0) is 19.2. The largest absolute Gasteiger partial charge is 0.437 e. The molecule has 0 bridgehead atoms. The molecule has 0 unspecified atom stereocenters. The Kier molecular flexibility index (Phi) is 5.46. The van der Waals surface area contributed by atoms with Crippen LogP contribution in [0.15, 0.2) is 55.1 Å². The zero-order valence-electron chi connectivity index (χ0n) is 15.0. The predicted octanol–water partition coefficient (Wildman–Crippen LogP) is 3.13. The topological polar surface area (TPSA) is 115 Å². The minimum absolute atomic E-state index is 0.181. The molecule has 0 aliphatic heterocycles. The minimum Gasteiger partial charge on any atom is -0.437 e. The van der Waals surface area contributed by atoms with Crippen LogP contribution in [0.3, 0.4) is 0 Å². The Morgan fingerprint density at radius 3 is 2.44 bits per heavy atom. The molecular weight excluding hydrogens is 344 g/mol. The first-order valence-electron chi connectivity index (χ1n) is 8.39. The highest BCUT2D eigenvalue weighted by atomic mass is 16.5. The molecule has 4 N–H and O–H groups in total. The van der Waals surface area contributed by atoms with Gasteiger partial charge in [-0.2, -0.15) is 4.98 Å². The lowest BCUT2D eigenvalue weighted by molar-refractivity contribution is 0.0962. The van der Waals surface area contributed by atoms with E-state index in [1.54, 1.807) is 12.1 Å². The smallest absolute Gasteiger partial charge is 0.269 e. The zero-order valence-corrected chi connectivity index (χ0v) is 15.0. The van der Waals surface area contributed by atoms with Crippen LogP contribution in [0.2, 0.25) is 0 Å². The summed E-state index contributed by atoms with van der Waals surface area (Å²) < 4.78 is 5.74. The lowest BCUT2D eigenvalue weighted by Gasteiger charge is -2.13. The number of nitrogen functional groups attached to an aromatic ring is 1. The number of aromatic nitrogens is 3. The van der Waals surface area contributed by atoms with Gasteiger partial charge in [-0.05, 0) is 35.7 Å². The van der Waals surface area contributed by atoms with Gasteiger partial charge in [0.1, 0.15) is 17.8 Å². The van der Waals surface area contributed by atoms with Gasteiger partial charge in [-0.1, -0.05) is 26.0 Å². The molecule has 0 spiro atoms. The molecule has 0 radical (unpaired) electrons. The van der Waals surface area contributed by atoms with Crippen molar-refractivity contribution in [1.29, 1.82) is 0 Å². The number of carbonyl (C=O) groups excluding carboxylic acids is 1. The molecule has 27 heavy (non-hydrogen) atoms. The summed E-state index contributed by atoms with van der Waals surface area (Å²) in [5, 5.41) is 0. The highest BCUT2D eigenvalue weighted by molar-refractivity contribution is 5.94. The number of carbonyl (C=O) groups is 1. The Morgan fingerprint density at radius 1 is 1.07 bits per heavy atom. The van der Waals surface area contributed by atoms with Gasteiger partial charge in [0.15, 0.2) is 5.82 Å². The van der Waals surface area contributed by atoms with Gasteiger partial charge in [-0.25, -0.2) is 4.98 Å². The van der Waals surface area contributed by atoms with Crippen LogP contribution < -0.4 is 21.3 Å². The maximum atomic E-state index is 12.1. The number of nitrogens with zero attached hydrogens (tertiary/aromatic N) is 3. The second-order valence-electron chi connectivity index (χ2n) is 6.08. The fourth-order valence-electron chi connectivity index (χ4n) is 2.28. The number of benzene rings is 1. The van der Waals surface area contributed by atoms with Crippen molar-refractivity contribution in [3.63, 3.8) is 0 Å². The van der Waals surface area contributed by atoms with E-state index in [2.05, 4.69) is 39.7 Å². The molecule has 0 saturated heterocycles. The summed E-state index contributed by atoms with van der Waals surface area (Å²) in [6, 6.07) is 10.9. The minimum atomic E-state index is -0.345. The second-order valence-corrected chi connectivity index (χ2v) is 6.08. The van der Waals surface area contributed by atoms with Crippen molar-refractivity contribution < 1.29 is 9.53 Å². The summed E-state index contributed by atoms with van der Waals surface area (Å²) in [4.78, 5) is 24.0. The molecule has 0 aliphatic carbocycles. The summed E-state index contributed by atoms with van der Waals surface area (Å²) in [5.41, 5.74) is 13.1. The van der Waals surface area contributed by atoms with Crippen molar-refractivity contribution in [2.75, 3.05) is 11.2 Å². The van der Waals surface area contributed by atoms with E-state index < -0.39 is 0 Å². The van der Waals surface area contributed by atoms with Crippen molar-refractivity contribution in [3.05, 3.63) is 66.2 Å². The van der Waals surface area contributed by atoms with Gasteiger partial charge in [0.25, 0.3) is 5.91 Å². The van der Waals surface area contributed by atoms with Gasteiger partial charge in [-0.3, -0.25) is 20.6 Å². The van der Waals surface area contributed by atoms with E-state index in [9.17, 15) is 4.79 Å². The van der Waals surface area contributed by atoms with E-state index in [0.29, 0.717) is 17.2 Å². The van der Waals surface area contributed by atoms with Crippen LogP contribution in [0.1, 0.15) is 35.7 Å². The molecule has 1 amide bonds. The first-order chi connectivity index (χ1) is 13.0. The third-order valence-electron chi connectivity index (χ3n) is 3.85. The number of nitrogens with one attached hydrogen (secondary N) is 2. The van der Waals surface area contributed by atoms with E-state index in [0.717, 1.165) is 0 Å². The summed E-state index contributed by atoms with van der Waals surface area (Å²) in [6.45, 7) is 4.24. The molecule has 2 heterocycles. The molecule has 0 fully saturated rings. The standard InChI is InChI=1S/C19H20N6O2/c1-12(2)13-3-5-15(6-4-13)27-19-16(20)17(22-11-23-19)24-25-18(26)14-7-9-21-10-8-14/h3-12H,20H2,1-2H3,(H,25,26)(H,22,23,24). The number of hydrogen-bond acceptors (Lipinski definition) is 7. The third kappa shape index (κ3) is 4.49. The number of hydrazine groups is 1. The Morgan fingerprint density at radius 2 is 1.78 bits per heavy atom. The van der Waals surface area contributed by atoms with Crippen LogP contribution in [0.4, 0.5) is 11.5 Å². The monoisotopic (exact) mass is 364 g/mol. The van der Waals surface area contributed by atoms with E-state index in [-0.39, 0.29) is 23.3 Å². The predicted molar refractivity (Wildman–Crippen MR) is 102 cm³/mol. The van der Waals surface area contributed by atoms with Crippen molar-refractivity contribution in [2.45, 2.75) is 19.8 Å². The van der Waals surface area contributed by atoms with Crippen LogP contribution in [-0.2, 0) is 0 Å². The average molecular weight is 364 g/mol. The maximum Gasteiger partial charge on any atom is 0.269 e. The quantitative estimate of drug-likeness (QED) is 0.576. The van der Waals surface area contributed by atoms with E-state index in [4.69, 9.17) is 10.5 Å². The summed E-state index contributed by atoms with van der Waals surface area (Å²) in [7, 11) is 0. The molecule has 138 valence electrons. The van der Waals surface area contributed by atoms with Crippen LogP contribution in [-0.4, -0.2) is 20.9 Å². The third-order valence-corrected chi connectivity index (χ3v) is 3.85. The highest BCUT2D eigenvalue weighted by Gasteiger charge is 2.12. The molecule has 8 heteroatoms. The molecule has 3 rings (SSSR count). The molecule has 1 aromatic carbocycles. The van der Waals surface area contributed by atoms with Gasteiger partial charge >= 0.3 is 0 Å². The Hall–Kier alpha value is -3.68. The van der Waals surface area contributed by atoms with Gasteiger partial charge in [0.2, 0.25) is 5.88 Å². The second kappa shape index (κ2) is 8.13. The number of ether oxygens (including phenoxy) is 1. The van der Waals surface area contributed by atoms with Gasteiger partial charge in [0, 0.05) is 18.0 Å². The first-order valence-corrected chi connectivity index (χ1v) is 8.39. The molecule has 0 saturated carbocycles. The molecule has 3 aromatic rings. The Bertz CT molecular complexity index is 913. The fraction of sp³-hybridized carbons (Fsp3) is 0.158. The molecule has 8 nitrogen and oxygen atoms in total. The van der Waals surface area contributed by atoms with E-state index in [1.165, 1.54) is 24.3 Å². The van der Waals surface area contributed by atoms with Gasteiger partial charge < -0.3 is 10.5 Å². The number of anilines is 2. The van der Waals surface area contributed by atoms with Gasteiger partial charge in [0.05, 0.1) is 0 Å². The number of rotatable bonds is 6. The maximum absolute atomic E-state index is 12.1. The summed E-state index contributed by atoms with van der Waals surface area (Å²) in [6.07, 6.45) is 4.37. The number of amides is 1. The first kappa shape index (κ1) is 18.1. The fourth-order valence-corrected chi connectivity index (χ4v) is 2.28. The molecule has 2 aromatic heterocycles. The number of pyridine rings is 1. The van der Waals surface area contributed by atoms with Crippen LogP contribution in [0.25, 0.3) is 0 Å². The Labute approximate surface area is 156 Å². The Balaban J connectivity index is 1.69. The van der Waals surface area contributed by atoms with E-state index in [1.807, 2.05) is 24.3 Å². The molecular formula is C19H20N6O2. The van der Waals surface area contributed by atoms with Gasteiger partial charge in [-0.15, -0.1) is 0 Å². The van der Waals surface area contributed by atoms with E-state index >= 15 is 0 Å². The lowest BCUT2D eigenvalue weighted by atomic mass is 10.0. The van der Waals surface area contributed by atoms with Crippen molar-refractivity contribution in [1.82, 2.24) is 20.4 Å². The van der Waals surface area contributed by atoms with Crippen molar-refractivity contribution in [2.24, 2.45) is 0 Å². The number of nitrogens with two attached hydrogens (primary N) is 1. The van der Waals surface area contributed by atoms with Crippen LogP contribution >= 0.6 is 0 Å². The number of hydrogen-bond donors (Lipinski definition) is 3.